The van der Waals surface area contributed by atoms with Gasteiger partial charge >= 0.3 is 0 Å². The molecule has 0 spiro atoms. The number of nitrogens with zero attached hydrogens (tertiary/aromatic N) is 3. The maximum absolute atomic E-state index is 13.9. The molecule has 0 bridgehead atoms. The Hall–Kier alpha value is -2.74. The highest BCUT2D eigenvalue weighted by Crippen LogP contribution is 2.26. The van der Waals surface area contributed by atoms with Gasteiger partial charge in [-0.15, -0.1) is 11.8 Å². The largest absolute Gasteiger partial charge is 0.340 e. The van der Waals surface area contributed by atoms with E-state index in [0.29, 0.717) is 23.0 Å². The molecule has 0 unspecified atom stereocenters. The van der Waals surface area contributed by atoms with Gasteiger partial charge in [0, 0.05) is 37.0 Å². The second-order valence-electron chi connectivity index (χ2n) is 5.91. The molecule has 1 heterocycles. The summed E-state index contributed by atoms with van der Waals surface area (Å²) in [5.41, 5.74) is 0.743. The molecule has 5 nitrogen and oxygen atoms in total. The first-order chi connectivity index (χ1) is 12.9. The van der Waals surface area contributed by atoms with Gasteiger partial charge in [-0.1, -0.05) is 23.4 Å². The van der Waals surface area contributed by atoms with Gasteiger partial charge in [0.15, 0.2) is 5.82 Å². The normalized spacial score (nSPS) is 10.8. The SMILES string of the molecule is Cc1nc(CSc2ccccc2C(=O)N(C)Cc2ccc(F)cc2F)no1. The highest BCUT2D eigenvalue weighted by atomic mass is 32.2. The summed E-state index contributed by atoms with van der Waals surface area (Å²) in [6.07, 6.45) is 0. The van der Waals surface area contributed by atoms with Crippen LogP contribution < -0.4 is 0 Å². The van der Waals surface area contributed by atoms with Gasteiger partial charge < -0.3 is 9.42 Å². The molecule has 0 aliphatic rings. The lowest BCUT2D eigenvalue weighted by molar-refractivity contribution is 0.0780. The van der Waals surface area contributed by atoms with Crippen molar-refractivity contribution in [1.82, 2.24) is 15.0 Å². The molecule has 1 aromatic heterocycles. The van der Waals surface area contributed by atoms with Crippen LogP contribution in [0.25, 0.3) is 0 Å². The second-order valence-corrected chi connectivity index (χ2v) is 6.93. The van der Waals surface area contributed by atoms with E-state index in [1.165, 1.54) is 28.8 Å². The van der Waals surface area contributed by atoms with Crippen molar-refractivity contribution in [1.29, 1.82) is 0 Å². The first-order valence-corrected chi connectivity index (χ1v) is 9.13. The molecule has 0 N–H and O–H groups in total. The summed E-state index contributed by atoms with van der Waals surface area (Å²) in [5.74, 6) is -0.102. The van der Waals surface area contributed by atoms with Crippen molar-refractivity contribution in [3.05, 3.63) is 76.9 Å². The summed E-state index contributed by atoms with van der Waals surface area (Å²) < 4.78 is 31.9. The van der Waals surface area contributed by atoms with Gasteiger partial charge in [0.05, 0.1) is 11.3 Å². The number of halogens is 2. The van der Waals surface area contributed by atoms with Gasteiger partial charge in [0.1, 0.15) is 11.6 Å². The Bertz CT molecular complexity index is 962. The van der Waals surface area contributed by atoms with Gasteiger partial charge in [-0.2, -0.15) is 4.98 Å². The van der Waals surface area contributed by atoms with E-state index in [0.717, 1.165) is 11.0 Å². The van der Waals surface area contributed by atoms with Crippen LogP contribution in [0.1, 0.15) is 27.6 Å². The zero-order valence-corrected chi connectivity index (χ0v) is 15.6. The minimum Gasteiger partial charge on any atom is -0.340 e. The number of rotatable bonds is 6. The van der Waals surface area contributed by atoms with Crippen LogP contribution in [0.2, 0.25) is 0 Å². The minimum atomic E-state index is -0.676. The lowest BCUT2D eigenvalue weighted by Gasteiger charge is -2.19. The van der Waals surface area contributed by atoms with E-state index >= 15 is 0 Å². The molecule has 0 aliphatic carbocycles. The Morgan fingerprint density at radius 2 is 2.00 bits per heavy atom. The topological polar surface area (TPSA) is 59.2 Å². The number of hydrogen-bond donors (Lipinski definition) is 0. The highest BCUT2D eigenvalue weighted by Gasteiger charge is 2.18. The molecule has 0 saturated heterocycles. The summed E-state index contributed by atoms with van der Waals surface area (Å²) in [7, 11) is 1.58. The van der Waals surface area contributed by atoms with Gasteiger partial charge in [0.2, 0.25) is 5.89 Å². The van der Waals surface area contributed by atoms with Gasteiger partial charge in [0.25, 0.3) is 5.91 Å². The third-order valence-electron chi connectivity index (χ3n) is 3.81. The van der Waals surface area contributed by atoms with Crippen LogP contribution in [0.15, 0.2) is 51.9 Å². The van der Waals surface area contributed by atoms with Gasteiger partial charge in [-0.25, -0.2) is 8.78 Å². The molecular formula is C19H17F2N3O2S. The van der Waals surface area contributed by atoms with Crippen LogP contribution in [-0.2, 0) is 12.3 Å². The quantitative estimate of drug-likeness (QED) is 0.591. The summed E-state index contributed by atoms with van der Waals surface area (Å²) in [6.45, 7) is 1.75. The van der Waals surface area contributed by atoms with Gasteiger partial charge in [-0.3, -0.25) is 4.79 Å². The maximum atomic E-state index is 13.9. The van der Waals surface area contributed by atoms with Crippen molar-refractivity contribution in [2.45, 2.75) is 24.1 Å². The van der Waals surface area contributed by atoms with Gasteiger partial charge in [-0.05, 0) is 18.2 Å². The molecular weight excluding hydrogens is 372 g/mol. The standard InChI is InChI=1S/C19H17F2N3O2S/c1-12-22-18(23-26-12)11-27-17-6-4-3-5-15(17)19(25)24(2)10-13-7-8-14(20)9-16(13)21/h3-9H,10-11H2,1-2H3. The van der Waals surface area contributed by atoms with E-state index in [-0.39, 0.29) is 18.0 Å². The van der Waals surface area contributed by atoms with E-state index in [1.54, 1.807) is 26.1 Å². The Kier molecular flexibility index (Phi) is 5.85. The molecule has 0 fully saturated rings. The fraction of sp³-hybridized carbons (Fsp3) is 0.211. The van der Waals surface area contributed by atoms with E-state index in [2.05, 4.69) is 10.1 Å². The lowest BCUT2D eigenvalue weighted by atomic mass is 10.1. The number of amides is 1. The molecule has 0 atom stereocenters. The van der Waals surface area contributed by atoms with Crippen molar-refractivity contribution < 1.29 is 18.1 Å². The van der Waals surface area contributed by atoms with Crippen LogP contribution in [0.4, 0.5) is 8.78 Å². The highest BCUT2D eigenvalue weighted by molar-refractivity contribution is 7.98. The van der Waals surface area contributed by atoms with Crippen LogP contribution in [-0.4, -0.2) is 28.0 Å². The number of carbonyl (C=O) groups is 1. The molecule has 0 aliphatic heterocycles. The Balaban J connectivity index is 1.73. The Morgan fingerprint density at radius 3 is 2.70 bits per heavy atom. The number of benzene rings is 2. The molecule has 3 rings (SSSR count). The predicted octanol–water partition coefficient (Wildman–Crippen LogP) is 4.22. The van der Waals surface area contributed by atoms with Crippen molar-refractivity contribution in [3.63, 3.8) is 0 Å². The Labute approximate surface area is 159 Å². The van der Waals surface area contributed by atoms with E-state index in [1.807, 2.05) is 12.1 Å². The predicted molar refractivity (Wildman–Crippen MR) is 97.2 cm³/mol. The van der Waals surface area contributed by atoms with Crippen molar-refractivity contribution in [2.24, 2.45) is 0 Å². The van der Waals surface area contributed by atoms with Crippen LogP contribution in [0.5, 0.6) is 0 Å². The monoisotopic (exact) mass is 389 g/mol. The molecule has 0 radical (unpaired) electrons. The van der Waals surface area contributed by atoms with Crippen molar-refractivity contribution in [2.75, 3.05) is 7.05 Å². The second kappa shape index (κ2) is 8.30. The molecule has 140 valence electrons. The van der Waals surface area contributed by atoms with Crippen molar-refractivity contribution in [3.8, 4) is 0 Å². The summed E-state index contributed by atoms with van der Waals surface area (Å²) in [4.78, 5) is 19.1. The number of aryl methyl sites for hydroxylation is 1. The van der Waals surface area contributed by atoms with E-state index in [4.69, 9.17) is 4.52 Å². The molecule has 27 heavy (non-hydrogen) atoms. The number of hydrogen-bond acceptors (Lipinski definition) is 5. The van der Waals surface area contributed by atoms with E-state index < -0.39 is 11.6 Å². The van der Waals surface area contributed by atoms with Crippen molar-refractivity contribution >= 4 is 17.7 Å². The van der Waals surface area contributed by atoms with Crippen LogP contribution in [0.3, 0.4) is 0 Å². The van der Waals surface area contributed by atoms with E-state index in [9.17, 15) is 13.6 Å². The molecule has 1 amide bonds. The average molecular weight is 389 g/mol. The smallest absolute Gasteiger partial charge is 0.255 e. The van der Waals surface area contributed by atoms with Crippen LogP contribution >= 0.6 is 11.8 Å². The average Bonchev–Trinajstić information content (AvgIpc) is 3.07. The first kappa shape index (κ1) is 19.0. The fourth-order valence-corrected chi connectivity index (χ4v) is 3.38. The fourth-order valence-electron chi connectivity index (χ4n) is 2.49. The summed E-state index contributed by atoms with van der Waals surface area (Å²) in [5, 5.41) is 3.84. The zero-order valence-electron chi connectivity index (χ0n) is 14.8. The number of aromatic nitrogens is 2. The summed E-state index contributed by atoms with van der Waals surface area (Å²) in [6, 6.07) is 10.5. The molecule has 3 aromatic rings. The Morgan fingerprint density at radius 1 is 1.22 bits per heavy atom. The number of carbonyl (C=O) groups excluding carboxylic acids is 1. The lowest BCUT2D eigenvalue weighted by Crippen LogP contribution is -2.27. The minimum absolute atomic E-state index is 0.0357. The zero-order chi connectivity index (χ0) is 19.4. The molecule has 8 heteroatoms. The summed E-state index contributed by atoms with van der Waals surface area (Å²) >= 11 is 1.41. The maximum Gasteiger partial charge on any atom is 0.255 e. The molecule has 0 saturated carbocycles. The third-order valence-corrected chi connectivity index (χ3v) is 4.88. The number of thioether (sulfide) groups is 1. The first-order valence-electron chi connectivity index (χ1n) is 8.14. The van der Waals surface area contributed by atoms with Crippen LogP contribution in [0, 0.1) is 18.6 Å². The third kappa shape index (κ3) is 4.71. The molecule has 2 aromatic carbocycles.